The minimum Gasteiger partial charge on any atom is -0.337 e. The third-order valence-corrected chi connectivity index (χ3v) is 5.57. The highest BCUT2D eigenvalue weighted by Gasteiger charge is 2.33. The number of alkyl halides is 3. The zero-order valence-corrected chi connectivity index (χ0v) is 16.9. The number of carbonyl (C=O) groups excluding carboxylic acids is 1. The lowest BCUT2D eigenvalue weighted by atomic mass is 10.1. The Kier molecular flexibility index (Phi) is 6.62. The van der Waals surface area contributed by atoms with Crippen LogP contribution in [0.1, 0.15) is 35.3 Å². The molecule has 0 atom stereocenters. The first-order valence-electron chi connectivity index (χ1n) is 8.50. The number of halogens is 5. The molecule has 1 saturated heterocycles. The van der Waals surface area contributed by atoms with Crippen molar-refractivity contribution in [2.75, 3.05) is 17.8 Å². The van der Waals surface area contributed by atoms with Gasteiger partial charge in [0.15, 0.2) is 5.69 Å². The molecule has 1 amide bonds. The Morgan fingerprint density at radius 2 is 1.86 bits per heavy atom. The Morgan fingerprint density at radius 3 is 2.54 bits per heavy atom. The monoisotopic (exact) mass is 449 g/mol. The lowest BCUT2D eigenvalue weighted by molar-refractivity contribution is -0.137. The van der Waals surface area contributed by atoms with Crippen LogP contribution in [0.3, 0.4) is 0 Å². The number of nitrogens with one attached hydrogen (secondary N) is 1. The minimum atomic E-state index is -4.55. The van der Waals surface area contributed by atoms with Gasteiger partial charge in [-0.2, -0.15) is 13.2 Å². The molecular formula is C18H16Cl2F3N3OS. The molecule has 0 bridgehead atoms. The standard InChI is InChI=1S/C18H16Cl2F3N3OS/c19-11-8-15(16(24-10-11)17(27)26-6-2-1-3-7-26)25-28-12-4-5-14(20)13(9-12)18(21,22)23/h4-5,8-10,25H,1-3,6-7H2. The van der Waals surface area contributed by atoms with Gasteiger partial charge in [-0.05, 0) is 55.5 Å². The Morgan fingerprint density at radius 1 is 1.14 bits per heavy atom. The number of hydrogen-bond acceptors (Lipinski definition) is 4. The molecule has 4 nitrogen and oxygen atoms in total. The number of aromatic nitrogens is 1. The molecule has 0 spiro atoms. The van der Waals surface area contributed by atoms with E-state index in [0.717, 1.165) is 37.3 Å². The molecule has 1 aromatic carbocycles. The number of piperidine rings is 1. The molecule has 1 aromatic heterocycles. The van der Waals surface area contributed by atoms with Crippen LogP contribution in [0.5, 0.6) is 0 Å². The molecule has 2 heterocycles. The summed E-state index contributed by atoms with van der Waals surface area (Å²) in [6.07, 6.45) is -0.236. The molecule has 0 radical (unpaired) electrons. The van der Waals surface area contributed by atoms with Crippen molar-refractivity contribution in [2.24, 2.45) is 0 Å². The zero-order valence-electron chi connectivity index (χ0n) is 14.5. The molecule has 0 saturated carbocycles. The maximum atomic E-state index is 13.0. The van der Waals surface area contributed by atoms with Gasteiger partial charge in [0.25, 0.3) is 5.91 Å². The molecule has 2 aromatic rings. The predicted molar refractivity (Wildman–Crippen MR) is 105 cm³/mol. The van der Waals surface area contributed by atoms with E-state index in [-0.39, 0.29) is 21.5 Å². The Labute approximate surface area is 174 Å². The van der Waals surface area contributed by atoms with Crippen LogP contribution < -0.4 is 4.72 Å². The molecule has 28 heavy (non-hydrogen) atoms. The minimum absolute atomic E-state index is 0.184. The molecule has 10 heteroatoms. The summed E-state index contributed by atoms with van der Waals surface area (Å²) in [6.45, 7) is 1.31. The van der Waals surface area contributed by atoms with Crippen LogP contribution >= 0.6 is 35.1 Å². The van der Waals surface area contributed by atoms with Gasteiger partial charge in [-0.15, -0.1) is 0 Å². The molecule has 0 unspecified atom stereocenters. The molecule has 1 N–H and O–H groups in total. The average Bonchev–Trinajstić information content (AvgIpc) is 2.66. The summed E-state index contributed by atoms with van der Waals surface area (Å²) < 4.78 is 42.0. The number of benzene rings is 1. The smallest absolute Gasteiger partial charge is 0.337 e. The average molecular weight is 450 g/mol. The van der Waals surface area contributed by atoms with Crippen LogP contribution in [0.15, 0.2) is 35.4 Å². The van der Waals surface area contributed by atoms with Crippen molar-refractivity contribution in [3.63, 3.8) is 0 Å². The third kappa shape index (κ3) is 5.04. The van der Waals surface area contributed by atoms with Gasteiger partial charge in [-0.25, -0.2) is 4.98 Å². The number of anilines is 1. The number of likely N-dealkylation sites (tertiary alicyclic amines) is 1. The van der Waals surface area contributed by atoms with Crippen molar-refractivity contribution in [1.82, 2.24) is 9.88 Å². The van der Waals surface area contributed by atoms with E-state index < -0.39 is 11.7 Å². The second-order valence-corrected chi connectivity index (χ2v) is 7.97. The van der Waals surface area contributed by atoms with Crippen molar-refractivity contribution >= 4 is 46.7 Å². The van der Waals surface area contributed by atoms with E-state index in [9.17, 15) is 18.0 Å². The van der Waals surface area contributed by atoms with Gasteiger partial charge in [0, 0.05) is 24.2 Å². The summed E-state index contributed by atoms with van der Waals surface area (Å²) in [5.74, 6) is -0.230. The molecule has 1 aliphatic rings. The van der Waals surface area contributed by atoms with Crippen molar-refractivity contribution in [2.45, 2.75) is 30.3 Å². The van der Waals surface area contributed by atoms with Crippen LogP contribution in [0, 0.1) is 0 Å². The van der Waals surface area contributed by atoms with Gasteiger partial charge in [0.1, 0.15) is 0 Å². The van der Waals surface area contributed by atoms with Crippen molar-refractivity contribution in [3.05, 3.63) is 51.8 Å². The molecular weight excluding hydrogens is 434 g/mol. The summed E-state index contributed by atoms with van der Waals surface area (Å²) in [5.41, 5.74) is -0.393. The van der Waals surface area contributed by atoms with Crippen LogP contribution in [0.4, 0.5) is 18.9 Å². The largest absolute Gasteiger partial charge is 0.417 e. The van der Waals surface area contributed by atoms with Gasteiger partial charge in [0.2, 0.25) is 0 Å². The first-order chi connectivity index (χ1) is 13.3. The SMILES string of the molecule is O=C(c1ncc(Cl)cc1NSc1ccc(Cl)c(C(F)(F)F)c1)N1CCCCC1. The topological polar surface area (TPSA) is 45.2 Å². The zero-order chi connectivity index (χ0) is 20.3. The van der Waals surface area contributed by atoms with E-state index in [1.165, 1.54) is 24.4 Å². The maximum Gasteiger partial charge on any atom is 0.417 e. The third-order valence-electron chi connectivity index (χ3n) is 4.22. The van der Waals surface area contributed by atoms with E-state index in [1.807, 2.05) is 0 Å². The summed E-state index contributed by atoms with van der Waals surface area (Å²) in [5, 5.41) is -0.0624. The highest BCUT2D eigenvalue weighted by molar-refractivity contribution is 8.00. The molecule has 1 aliphatic heterocycles. The van der Waals surface area contributed by atoms with Crippen molar-refractivity contribution in [1.29, 1.82) is 0 Å². The van der Waals surface area contributed by atoms with Crippen LogP contribution in [0.25, 0.3) is 0 Å². The van der Waals surface area contributed by atoms with Gasteiger partial charge in [-0.3, -0.25) is 4.79 Å². The van der Waals surface area contributed by atoms with Gasteiger partial charge in [0.05, 0.1) is 21.3 Å². The number of hydrogen-bond donors (Lipinski definition) is 1. The molecule has 3 rings (SSSR count). The van der Waals surface area contributed by atoms with Crippen LogP contribution in [0.2, 0.25) is 10.0 Å². The second kappa shape index (κ2) is 8.80. The van der Waals surface area contributed by atoms with E-state index in [0.29, 0.717) is 23.8 Å². The summed E-state index contributed by atoms with van der Waals surface area (Å²) in [7, 11) is 0. The molecule has 0 aliphatic carbocycles. The Hall–Kier alpha value is -1.64. The lowest BCUT2D eigenvalue weighted by Gasteiger charge is -2.27. The normalized spacial score (nSPS) is 14.8. The van der Waals surface area contributed by atoms with E-state index in [4.69, 9.17) is 23.2 Å². The van der Waals surface area contributed by atoms with Crippen molar-refractivity contribution in [3.8, 4) is 0 Å². The number of nitrogens with zero attached hydrogens (tertiary/aromatic N) is 2. The van der Waals surface area contributed by atoms with Crippen LogP contribution in [-0.2, 0) is 6.18 Å². The summed E-state index contributed by atoms with van der Waals surface area (Å²) in [6, 6.07) is 5.12. The number of pyridine rings is 1. The Balaban J connectivity index is 1.81. The number of carbonyl (C=O) groups is 1. The number of amides is 1. The van der Waals surface area contributed by atoms with Gasteiger partial charge < -0.3 is 9.62 Å². The highest BCUT2D eigenvalue weighted by Crippen LogP contribution is 2.37. The first-order valence-corrected chi connectivity index (χ1v) is 10.1. The lowest BCUT2D eigenvalue weighted by Crippen LogP contribution is -2.36. The number of rotatable bonds is 4. The molecule has 1 fully saturated rings. The summed E-state index contributed by atoms with van der Waals surface area (Å²) >= 11 is 12.6. The van der Waals surface area contributed by atoms with E-state index in [1.54, 1.807) is 4.90 Å². The second-order valence-electron chi connectivity index (χ2n) is 6.25. The summed E-state index contributed by atoms with van der Waals surface area (Å²) in [4.78, 5) is 18.9. The fourth-order valence-corrected chi connectivity index (χ4v) is 3.91. The molecule has 150 valence electrons. The Bertz CT molecular complexity index is 874. The van der Waals surface area contributed by atoms with E-state index in [2.05, 4.69) is 9.71 Å². The fraction of sp³-hybridized carbons (Fsp3) is 0.333. The quantitative estimate of drug-likeness (QED) is 0.568. The van der Waals surface area contributed by atoms with Gasteiger partial charge in [-0.1, -0.05) is 23.2 Å². The van der Waals surface area contributed by atoms with E-state index >= 15 is 0 Å². The maximum absolute atomic E-state index is 13.0. The highest BCUT2D eigenvalue weighted by atomic mass is 35.5. The van der Waals surface area contributed by atoms with Crippen molar-refractivity contribution < 1.29 is 18.0 Å². The fourth-order valence-electron chi connectivity index (χ4n) is 2.83. The van der Waals surface area contributed by atoms with Gasteiger partial charge >= 0.3 is 6.18 Å². The first kappa shape index (κ1) is 21.1. The predicted octanol–water partition coefficient (Wildman–Crippen LogP) is 6.15. The van der Waals surface area contributed by atoms with Crippen LogP contribution in [-0.4, -0.2) is 28.9 Å².